The quantitative estimate of drug-likeness (QED) is 0.0777. The molecule has 0 bridgehead atoms. The summed E-state index contributed by atoms with van der Waals surface area (Å²) in [4.78, 5) is 26.2. The van der Waals surface area contributed by atoms with Crippen LogP contribution in [0.5, 0.6) is 0 Å². The van der Waals surface area contributed by atoms with Crippen molar-refractivity contribution in [3.05, 3.63) is 123 Å². The summed E-state index contributed by atoms with van der Waals surface area (Å²) in [5.74, 6) is -7.79. The standard InChI is InChI=1S/C31H20Cl3F6N4O4/c32-20-7-4-16(42-29(46)25-24(30(25,33)34)15-3-8-21(35)19(11-15)31(38,39)40)12-18(20)28(45)43-23-10-9-22(36)27(26(23)37)41-13-14-1-5-17(6-2-14)44(47)48/h1-12,24-25,41,47H,13H2,(H,42,46)(H,43,45)/q-1/t24-,25+/m0/s1. The second kappa shape index (κ2) is 13.4. The SMILES string of the molecule is O=C(Nc1ccc(F)c(NCc2ccc(N([O-])O)cc2)c1F)c1cc(NC(=O)[C@H]2[C@H](c3ccc(F)c(C(F)(F)F)c3)C2(Cl)Cl)ccc1Cl. The molecule has 1 aliphatic carbocycles. The van der Waals surface area contributed by atoms with E-state index < -0.39 is 68.5 Å². The summed E-state index contributed by atoms with van der Waals surface area (Å²) in [6, 6.07) is 13.2. The van der Waals surface area contributed by atoms with Crippen molar-refractivity contribution in [3.63, 3.8) is 0 Å². The minimum absolute atomic E-state index is 0.00586. The Morgan fingerprint density at radius 3 is 2.23 bits per heavy atom. The molecule has 8 nitrogen and oxygen atoms in total. The number of rotatable bonds is 9. The molecule has 48 heavy (non-hydrogen) atoms. The molecule has 0 aromatic heterocycles. The molecule has 1 aliphatic rings. The fourth-order valence-electron chi connectivity index (χ4n) is 4.95. The van der Waals surface area contributed by atoms with Crippen molar-refractivity contribution >= 4 is 69.4 Å². The summed E-state index contributed by atoms with van der Waals surface area (Å²) in [6.07, 6.45) is -5.00. The maximum absolute atomic E-state index is 15.3. The highest BCUT2D eigenvalue weighted by Crippen LogP contribution is 2.65. The first-order chi connectivity index (χ1) is 22.5. The van der Waals surface area contributed by atoms with Crippen molar-refractivity contribution in [3.8, 4) is 0 Å². The van der Waals surface area contributed by atoms with Gasteiger partial charge >= 0.3 is 6.18 Å². The average molecular weight is 733 g/mol. The number of carbonyl (C=O) groups is 2. The molecule has 0 heterocycles. The van der Waals surface area contributed by atoms with Gasteiger partial charge in [0.2, 0.25) is 5.91 Å². The van der Waals surface area contributed by atoms with Crippen LogP contribution in [0.1, 0.15) is 33.0 Å². The molecule has 0 unspecified atom stereocenters. The highest BCUT2D eigenvalue weighted by Gasteiger charge is 2.67. The lowest BCUT2D eigenvalue weighted by Gasteiger charge is -2.21. The van der Waals surface area contributed by atoms with E-state index in [0.29, 0.717) is 17.7 Å². The van der Waals surface area contributed by atoms with Crippen LogP contribution in [0.4, 0.5) is 49.1 Å². The number of alkyl halides is 5. The van der Waals surface area contributed by atoms with Gasteiger partial charge in [0.05, 0.1) is 33.4 Å². The first-order valence-electron chi connectivity index (χ1n) is 13.6. The summed E-state index contributed by atoms with van der Waals surface area (Å²) in [5, 5.41) is 26.7. The Bertz CT molecular complexity index is 1890. The van der Waals surface area contributed by atoms with Crippen molar-refractivity contribution in [1.29, 1.82) is 0 Å². The van der Waals surface area contributed by atoms with Gasteiger partial charge in [0.15, 0.2) is 5.82 Å². The Labute approximate surface area is 282 Å². The molecule has 4 N–H and O–H groups in total. The number of halogens is 9. The zero-order valence-corrected chi connectivity index (χ0v) is 26.1. The molecule has 17 heteroatoms. The van der Waals surface area contributed by atoms with Crippen molar-refractivity contribution in [1.82, 2.24) is 0 Å². The normalized spacial score (nSPS) is 16.6. The lowest BCUT2D eigenvalue weighted by molar-refractivity contribution is -0.140. The maximum Gasteiger partial charge on any atom is 0.419 e. The summed E-state index contributed by atoms with van der Waals surface area (Å²) in [6.45, 7) is -0.0955. The lowest BCUT2D eigenvalue weighted by Crippen LogP contribution is -2.18. The summed E-state index contributed by atoms with van der Waals surface area (Å²) in [7, 11) is 0. The van der Waals surface area contributed by atoms with E-state index in [1.807, 2.05) is 0 Å². The van der Waals surface area contributed by atoms with E-state index in [1.165, 1.54) is 36.4 Å². The molecule has 0 spiro atoms. The number of benzene rings is 4. The van der Waals surface area contributed by atoms with Crippen LogP contribution in [0.2, 0.25) is 5.02 Å². The van der Waals surface area contributed by atoms with Crippen LogP contribution in [-0.4, -0.2) is 21.4 Å². The molecule has 4 aromatic rings. The Morgan fingerprint density at radius 2 is 1.58 bits per heavy atom. The molecule has 1 fully saturated rings. The molecule has 0 saturated heterocycles. The van der Waals surface area contributed by atoms with Gasteiger partial charge in [-0.1, -0.05) is 29.8 Å². The highest BCUT2D eigenvalue weighted by atomic mass is 35.5. The Kier molecular flexibility index (Phi) is 9.77. The van der Waals surface area contributed by atoms with E-state index >= 15 is 4.39 Å². The maximum atomic E-state index is 15.3. The van der Waals surface area contributed by atoms with Gasteiger partial charge in [-0.3, -0.25) is 14.8 Å². The van der Waals surface area contributed by atoms with Crippen LogP contribution >= 0.6 is 34.8 Å². The number of nitrogens with zero attached hydrogens (tertiary/aromatic N) is 1. The number of carbonyl (C=O) groups excluding carboxylic acids is 2. The molecular formula is C31H20Cl3F6N4O4-. The number of hydrogen-bond acceptors (Lipinski definition) is 6. The Balaban J connectivity index is 1.29. The third kappa shape index (κ3) is 7.27. The first-order valence-corrected chi connectivity index (χ1v) is 14.8. The van der Waals surface area contributed by atoms with Gasteiger partial charge in [-0.2, -0.15) is 13.2 Å². The molecule has 0 aliphatic heterocycles. The summed E-state index contributed by atoms with van der Waals surface area (Å²) < 4.78 is 81.4. The molecule has 252 valence electrons. The third-order valence-corrected chi connectivity index (χ3v) is 8.71. The second-order valence-corrected chi connectivity index (χ2v) is 12.4. The topological polar surface area (TPSA) is 117 Å². The lowest BCUT2D eigenvalue weighted by atomic mass is 10.0. The van der Waals surface area contributed by atoms with Crippen LogP contribution < -0.4 is 21.2 Å². The van der Waals surface area contributed by atoms with Crippen molar-refractivity contribution < 1.29 is 41.1 Å². The van der Waals surface area contributed by atoms with Crippen molar-refractivity contribution in [2.75, 3.05) is 21.2 Å². The van der Waals surface area contributed by atoms with Crippen LogP contribution in [0.25, 0.3) is 0 Å². The predicted molar refractivity (Wildman–Crippen MR) is 168 cm³/mol. The summed E-state index contributed by atoms with van der Waals surface area (Å²) >= 11 is 18.7. The van der Waals surface area contributed by atoms with E-state index in [4.69, 9.17) is 40.0 Å². The van der Waals surface area contributed by atoms with E-state index in [2.05, 4.69) is 16.0 Å². The minimum Gasteiger partial charge on any atom is -0.733 e. The molecule has 2 amide bonds. The van der Waals surface area contributed by atoms with Gasteiger partial charge in [0.25, 0.3) is 5.91 Å². The van der Waals surface area contributed by atoms with Gasteiger partial charge in [-0.25, -0.2) is 13.2 Å². The molecule has 5 rings (SSSR count). The minimum atomic E-state index is -5.00. The molecule has 4 aromatic carbocycles. The monoisotopic (exact) mass is 731 g/mol. The smallest absolute Gasteiger partial charge is 0.419 e. The fraction of sp³-hybridized carbons (Fsp3) is 0.161. The van der Waals surface area contributed by atoms with Crippen LogP contribution in [0, 0.1) is 28.6 Å². The molecule has 1 saturated carbocycles. The average Bonchev–Trinajstić information content (AvgIpc) is 3.60. The molecule has 2 atom stereocenters. The van der Waals surface area contributed by atoms with Gasteiger partial charge in [0, 0.05) is 18.2 Å². The number of hydrogen-bond donors (Lipinski definition) is 4. The Hall–Kier alpha value is -4.21. The van der Waals surface area contributed by atoms with E-state index in [1.54, 1.807) is 0 Å². The molecule has 0 radical (unpaired) electrons. The van der Waals surface area contributed by atoms with Gasteiger partial charge in [-0.05, 0) is 65.7 Å². The summed E-state index contributed by atoms with van der Waals surface area (Å²) in [5.41, 5.74) is -2.48. The number of nitrogens with one attached hydrogen (secondary N) is 3. The zero-order valence-electron chi connectivity index (χ0n) is 23.8. The first kappa shape index (κ1) is 35.1. The molecular weight excluding hydrogens is 713 g/mol. The van der Waals surface area contributed by atoms with E-state index in [9.17, 15) is 36.7 Å². The highest BCUT2D eigenvalue weighted by molar-refractivity contribution is 6.53. The number of amides is 2. The van der Waals surface area contributed by atoms with Gasteiger partial charge in [0.1, 0.15) is 21.7 Å². The van der Waals surface area contributed by atoms with Gasteiger partial charge in [-0.15, -0.1) is 23.2 Å². The van der Waals surface area contributed by atoms with E-state index in [-0.39, 0.29) is 39.3 Å². The van der Waals surface area contributed by atoms with Crippen LogP contribution in [0.15, 0.2) is 72.8 Å². The second-order valence-electron chi connectivity index (χ2n) is 10.6. The zero-order chi connectivity index (χ0) is 35.1. The van der Waals surface area contributed by atoms with E-state index in [0.717, 1.165) is 24.3 Å². The van der Waals surface area contributed by atoms with Crippen LogP contribution in [-0.2, 0) is 17.5 Å². The Morgan fingerprint density at radius 1 is 0.917 bits per heavy atom. The predicted octanol–water partition coefficient (Wildman–Crippen LogP) is 8.86. The third-order valence-electron chi connectivity index (χ3n) is 7.44. The van der Waals surface area contributed by atoms with Gasteiger partial charge < -0.3 is 26.4 Å². The largest absolute Gasteiger partial charge is 0.733 e. The van der Waals surface area contributed by atoms with Crippen molar-refractivity contribution in [2.45, 2.75) is 23.0 Å². The van der Waals surface area contributed by atoms with Crippen LogP contribution in [0.3, 0.4) is 0 Å². The fourth-order valence-corrected chi connectivity index (χ4v) is 5.98. The van der Waals surface area contributed by atoms with Crippen molar-refractivity contribution in [2.24, 2.45) is 5.92 Å². The number of anilines is 4.